The number of piperidine rings is 1. The van der Waals surface area contributed by atoms with E-state index in [1.165, 1.54) is 0 Å². The minimum atomic E-state index is -0.388. The third-order valence-corrected chi connectivity index (χ3v) is 6.30. The highest BCUT2D eigenvalue weighted by Crippen LogP contribution is 2.28. The Morgan fingerprint density at radius 2 is 1.88 bits per heavy atom. The summed E-state index contributed by atoms with van der Waals surface area (Å²) in [6.45, 7) is 1.68. The van der Waals surface area contributed by atoms with Crippen LogP contribution in [-0.4, -0.2) is 54.0 Å². The van der Waals surface area contributed by atoms with Crippen LogP contribution in [0.4, 0.5) is 11.8 Å². The summed E-state index contributed by atoms with van der Waals surface area (Å²) < 4.78 is 1.85. The second-order valence-corrected chi connectivity index (χ2v) is 8.76. The first-order valence-corrected chi connectivity index (χ1v) is 11.7. The lowest BCUT2D eigenvalue weighted by Crippen LogP contribution is -2.44. The average Bonchev–Trinajstić information content (AvgIpc) is 3.22. The zero-order valence-electron chi connectivity index (χ0n) is 19.1. The quantitative estimate of drug-likeness (QED) is 0.428. The number of hydrogen-bond donors (Lipinski definition) is 3. The van der Waals surface area contributed by atoms with Crippen molar-refractivity contribution in [2.75, 3.05) is 36.9 Å². The largest absolute Gasteiger partial charge is 0.371 e. The zero-order chi connectivity index (χ0) is 24.1. The molecule has 0 bridgehead atoms. The number of benzene rings is 2. The van der Waals surface area contributed by atoms with E-state index in [4.69, 9.17) is 22.3 Å². The van der Waals surface area contributed by atoms with E-state index in [-0.39, 0.29) is 24.3 Å². The molecule has 3 aromatic rings. The number of hydrogen-bond acceptors (Lipinski definition) is 6. The highest BCUT2D eigenvalue weighted by Gasteiger charge is 2.28. The van der Waals surface area contributed by atoms with Gasteiger partial charge in [0, 0.05) is 36.8 Å². The summed E-state index contributed by atoms with van der Waals surface area (Å²) in [5.41, 5.74) is 7.98. The lowest BCUT2D eigenvalue weighted by Gasteiger charge is -2.32. The number of nitrogens with one attached hydrogen (secondary N) is 2. The van der Waals surface area contributed by atoms with Crippen LogP contribution in [0.5, 0.6) is 0 Å². The van der Waals surface area contributed by atoms with Crippen molar-refractivity contribution in [2.24, 2.45) is 5.73 Å². The molecule has 1 unspecified atom stereocenters. The molecule has 0 spiro atoms. The maximum absolute atomic E-state index is 13.4. The summed E-state index contributed by atoms with van der Waals surface area (Å²) >= 11 is 6.45. The molecule has 2 aromatic carbocycles. The predicted octanol–water partition coefficient (Wildman–Crippen LogP) is 3.17. The minimum Gasteiger partial charge on any atom is -0.371 e. The van der Waals surface area contributed by atoms with E-state index in [1.54, 1.807) is 31.3 Å². The Balaban J connectivity index is 1.67. The predicted molar refractivity (Wildman–Crippen MR) is 135 cm³/mol. The van der Waals surface area contributed by atoms with Crippen molar-refractivity contribution in [1.82, 2.24) is 14.9 Å². The third-order valence-electron chi connectivity index (χ3n) is 5.93. The van der Waals surface area contributed by atoms with Gasteiger partial charge >= 0.3 is 0 Å². The highest BCUT2D eigenvalue weighted by molar-refractivity contribution is 6.31. The third kappa shape index (κ3) is 5.24. The zero-order valence-corrected chi connectivity index (χ0v) is 19.9. The first kappa shape index (κ1) is 23.8. The van der Waals surface area contributed by atoms with Gasteiger partial charge in [-0.05, 0) is 24.5 Å². The minimum absolute atomic E-state index is 0.0398. The SMILES string of the molecule is CNc1nc(N2CCCC(N)C2)n(Cc2ccccc2Cl)c1C(=O)NCC(=O)c1ccccc1. The molecule has 2 heterocycles. The molecule has 4 N–H and O–H groups in total. The van der Waals surface area contributed by atoms with Crippen LogP contribution in [0.2, 0.25) is 5.02 Å². The first-order chi connectivity index (χ1) is 16.5. The Kier molecular flexibility index (Phi) is 7.49. The van der Waals surface area contributed by atoms with Gasteiger partial charge in [-0.25, -0.2) is 0 Å². The normalized spacial score (nSPS) is 15.7. The summed E-state index contributed by atoms with van der Waals surface area (Å²) in [6.07, 6.45) is 1.90. The van der Waals surface area contributed by atoms with Gasteiger partial charge in [-0.15, -0.1) is 0 Å². The van der Waals surface area contributed by atoms with Gasteiger partial charge in [0.15, 0.2) is 17.3 Å². The Morgan fingerprint density at radius 1 is 1.15 bits per heavy atom. The van der Waals surface area contributed by atoms with Crippen LogP contribution in [-0.2, 0) is 6.54 Å². The fourth-order valence-electron chi connectivity index (χ4n) is 4.20. The van der Waals surface area contributed by atoms with Gasteiger partial charge in [-0.1, -0.05) is 60.1 Å². The van der Waals surface area contributed by atoms with Crippen LogP contribution in [0.25, 0.3) is 0 Å². The molecular formula is C25H29ClN6O2. The van der Waals surface area contributed by atoms with Crippen molar-refractivity contribution in [3.8, 4) is 0 Å². The van der Waals surface area contributed by atoms with Gasteiger partial charge in [0.2, 0.25) is 5.95 Å². The summed E-state index contributed by atoms with van der Waals surface area (Å²) in [4.78, 5) is 32.8. The van der Waals surface area contributed by atoms with E-state index in [2.05, 4.69) is 15.5 Å². The molecule has 1 fully saturated rings. The molecule has 9 heteroatoms. The highest BCUT2D eigenvalue weighted by atomic mass is 35.5. The fraction of sp³-hybridized carbons (Fsp3) is 0.320. The Morgan fingerprint density at radius 3 is 2.59 bits per heavy atom. The molecule has 4 rings (SSSR count). The monoisotopic (exact) mass is 480 g/mol. The molecule has 0 aliphatic carbocycles. The number of carbonyl (C=O) groups is 2. The fourth-order valence-corrected chi connectivity index (χ4v) is 4.39. The Bertz CT molecular complexity index is 1160. The van der Waals surface area contributed by atoms with E-state index in [1.807, 2.05) is 34.9 Å². The number of carbonyl (C=O) groups excluding carboxylic acids is 2. The Labute approximate surface area is 204 Å². The van der Waals surface area contributed by atoms with Gasteiger partial charge < -0.3 is 21.3 Å². The molecule has 1 atom stereocenters. The van der Waals surface area contributed by atoms with Crippen molar-refractivity contribution < 1.29 is 9.59 Å². The number of nitrogens with zero attached hydrogens (tertiary/aromatic N) is 3. The topological polar surface area (TPSA) is 105 Å². The molecule has 34 heavy (non-hydrogen) atoms. The lowest BCUT2D eigenvalue weighted by atomic mass is 10.1. The van der Waals surface area contributed by atoms with Crippen LogP contribution < -0.4 is 21.3 Å². The van der Waals surface area contributed by atoms with E-state index < -0.39 is 0 Å². The maximum atomic E-state index is 13.4. The van der Waals surface area contributed by atoms with Gasteiger partial charge in [-0.2, -0.15) is 4.98 Å². The lowest BCUT2D eigenvalue weighted by molar-refractivity contribution is 0.0899. The van der Waals surface area contributed by atoms with E-state index in [9.17, 15) is 9.59 Å². The molecule has 178 valence electrons. The van der Waals surface area contributed by atoms with Gasteiger partial charge in [-0.3, -0.25) is 14.2 Å². The van der Waals surface area contributed by atoms with E-state index in [0.29, 0.717) is 41.1 Å². The number of halogens is 1. The van der Waals surface area contributed by atoms with Gasteiger partial charge in [0.1, 0.15) is 0 Å². The second-order valence-electron chi connectivity index (χ2n) is 8.36. The van der Waals surface area contributed by atoms with Gasteiger partial charge in [0.05, 0.1) is 13.1 Å². The van der Waals surface area contributed by atoms with Crippen molar-refractivity contribution in [3.05, 3.63) is 76.4 Å². The summed E-state index contributed by atoms with van der Waals surface area (Å²) in [5, 5.41) is 6.42. The van der Waals surface area contributed by atoms with Crippen LogP contribution >= 0.6 is 11.6 Å². The molecule has 1 aromatic heterocycles. The van der Waals surface area contributed by atoms with E-state index in [0.717, 1.165) is 24.9 Å². The molecule has 0 saturated carbocycles. The van der Waals surface area contributed by atoms with Crippen molar-refractivity contribution in [3.63, 3.8) is 0 Å². The van der Waals surface area contributed by atoms with Crippen LogP contribution in [0, 0.1) is 0 Å². The summed E-state index contributed by atoms with van der Waals surface area (Å²) in [7, 11) is 1.72. The van der Waals surface area contributed by atoms with Crippen molar-refractivity contribution in [2.45, 2.75) is 25.4 Å². The van der Waals surface area contributed by atoms with E-state index >= 15 is 0 Å². The van der Waals surface area contributed by atoms with Crippen LogP contribution in [0.1, 0.15) is 39.3 Å². The van der Waals surface area contributed by atoms with Crippen LogP contribution in [0.3, 0.4) is 0 Å². The van der Waals surface area contributed by atoms with Crippen molar-refractivity contribution in [1.29, 1.82) is 0 Å². The molecule has 1 amide bonds. The molecule has 1 aliphatic rings. The Hall–Kier alpha value is -3.36. The molecule has 1 aliphatic heterocycles. The summed E-state index contributed by atoms with van der Waals surface area (Å²) in [5.74, 6) is 0.532. The number of Topliss-reactive ketones (excluding diaryl/α,β-unsaturated/α-hetero) is 1. The van der Waals surface area contributed by atoms with Crippen LogP contribution in [0.15, 0.2) is 54.6 Å². The molecule has 0 radical (unpaired) electrons. The number of amides is 1. The molecular weight excluding hydrogens is 452 g/mol. The number of aromatic nitrogens is 2. The maximum Gasteiger partial charge on any atom is 0.272 e. The average molecular weight is 481 g/mol. The number of imidazole rings is 1. The van der Waals surface area contributed by atoms with Crippen molar-refractivity contribution >= 4 is 35.1 Å². The number of nitrogens with two attached hydrogens (primary N) is 1. The number of ketones is 1. The molecule has 1 saturated heterocycles. The standard InChI is InChI=1S/C25H29ClN6O2/c1-28-23-22(24(34)29-14-21(33)17-8-3-2-4-9-17)32(15-18-10-5-6-12-20(18)26)25(30-23)31-13-7-11-19(27)16-31/h2-6,8-10,12,19,28H,7,11,13-16,27H2,1H3,(H,29,34). The van der Waals surface area contributed by atoms with Gasteiger partial charge in [0.25, 0.3) is 5.91 Å². The number of anilines is 2. The summed E-state index contributed by atoms with van der Waals surface area (Å²) in [6, 6.07) is 16.5. The smallest absolute Gasteiger partial charge is 0.272 e. The first-order valence-electron chi connectivity index (χ1n) is 11.4. The second kappa shape index (κ2) is 10.7. The number of rotatable bonds is 8. The molecule has 8 nitrogen and oxygen atoms in total.